The normalized spacial score (nSPS) is 28.6. The first-order chi connectivity index (χ1) is 8.05. The minimum absolute atomic E-state index is 0.229. The van der Waals surface area contributed by atoms with E-state index in [-0.39, 0.29) is 12.3 Å². The highest BCUT2D eigenvalue weighted by Gasteiger charge is 2.40. The van der Waals surface area contributed by atoms with Gasteiger partial charge in [0, 0.05) is 12.5 Å². The van der Waals surface area contributed by atoms with Crippen LogP contribution in [0.1, 0.15) is 38.2 Å². The molecular formula is C14H18F2O. The molecule has 0 bridgehead atoms. The second kappa shape index (κ2) is 4.73. The van der Waals surface area contributed by atoms with Crippen LogP contribution in [-0.2, 0) is 6.42 Å². The summed E-state index contributed by atoms with van der Waals surface area (Å²) in [6.45, 7) is 2.04. The minimum atomic E-state index is -0.812. The van der Waals surface area contributed by atoms with Gasteiger partial charge in [-0.15, -0.1) is 0 Å². The monoisotopic (exact) mass is 240 g/mol. The zero-order valence-corrected chi connectivity index (χ0v) is 10.0. The molecule has 94 valence electrons. The van der Waals surface area contributed by atoms with Crippen molar-refractivity contribution in [2.75, 3.05) is 0 Å². The molecule has 1 aliphatic rings. The first kappa shape index (κ1) is 12.5. The lowest BCUT2D eigenvalue weighted by Crippen LogP contribution is -2.35. The van der Waals surface area contributed by atoms with Gasteiger partial charge >= 0.3 is 0 Å². The Morgan fingerprint density at radius 3 is 2.82 bits per heavy atom. The molecule has 1 N–H and O–H groups in total. The van der Waals surface area contributed by atoms with E-state index in [0.717, 1.165) is 25.3 Å². The maximum absolute atomic E-state index is 13.6. The summed E-state index contributed by atoms with van der Waals surface area (Å²) in [6.07, 6.45) is 3.88. The number of hydrogen-bond donors (Lipinski definition) is 1. The largest absolute Gasteiger partial charge is 0.389 e. The van der Waals surface area contributed by atoms with Gasteiger partial charge in [-0.2, -0.15) is 0 Å². The van der Waals surface area contributed by atoms with Gasteiger partial charge in [0.25, 0.3) is 0 Å². The number of halogens is 2. The molecule has 2 rings (SSSR count). The third-order valence-corrected chi connectivity index (χ3v) is 3.93. The second-order valence-corrected chi connectivity index (χ2v) is 5.01. The molecule has 17 heavy (non-hydrogen) atoms. The summed E-state index contributed by atoms with van der Waals surface area (Å²) in [6, 6.07) is 3.57. The van der Waals surface area contributed by atoms with Crippen LogP contribution in [0.25, 0.3) is 0 Å². The van der Waals surface area contributed by atoms with Gasteiger partial charge in [0.05, 0.1) is 5.60 Å². The third kappa shape index (κ3) is 2.49. The molecule has 0 heterocycles. The quantitative estimate of drug-likeness (QED) is 0.858. The van der Waals surface area contributed by atoms with Crippen molar-refractivity contribution in [3.63, 3.8) is 0 Å². The molecule has 3 heteroatoms. The standard InChI is InChI=1S/C14H18F2O/c1-2-11-4-3-7-14(11,17)9-10-5-6-12(15)8-13(10)16/h5-6,8,11,17H,2-4,7,9H2,1H3. The van der Waals surface area contributed by atoms with Crippen LogP contribution in [0.4, 0.5) is 8.78 Å². The molecule has 1 fully saturated rings. The van der Waals surface area contributed by atoms with Crippen molar-refractivity contribution in [3.8, 4) is 0 Å². The Kier molecular flexibility index (Phi) is 3.48. The molecule has 0 aromatic heterocycles. The Morgan fingerprint density at radius 1 is 1.41 bits per heavy atom. The molecular weight excluding hydrogens is 222 g/mol. The third-order valence-electron chi connectivity index (χ3n) is 3.93. The van der Waals surface area contributed by atoms with Crippen LogP contribution in [0, 0.1) is 17.6 Å². The van der Waals surface area contributed by atoms with E-state index in [9.17, 15) is 13.9 Å². The predicted molar refractivity (Wildman–Crippen MR) is 62.6 cm³/mol. The number of aliphatic hydroxyl groups is 1. The molecule has 0 radical (unpaired) electrons. The summed E-state index contributed by atoms with van der Waals surface area (Å²) in [7, 11) is 0. The Hall–Kier alpha value is -0.960. The average Bonchev–Trinajstić information content (AvgIpc) is 2.64. The maximum Gasteiger partial charge on any atom is 0.129 e. The molecule has 0 spiro atoms. The van der Waals surface area contributed by atoms with E-state index in [1.54, 1.807) is 0 Å². The van der Waals surface area contributed by atoms with Crippen LogP contribution in [0.2, 0.25) is 0 Å². The Labute approximate surface area is 100 Å². The molecule has 0 amide bonds. The number of hydrogen-bond acceptors (Lipinski definition) is 1. The summed E-state index contributed by atoms with van der Waals surface area (Å²) in [4.78, 5) is 0. The van der Waals surface area contributed by atoms with E-state index in [1.165, 1.54) is 12.1 Å². The van der Waals surface area contributed by atoms with E-state index in [1.807, 2.05) is 6.92 Å². The molecule has 2 unspecified atom stereocenters. The van der Waals surface area contributed by atoms with Crippen molar-refractivity contribution < 1.29 is 13.9 Å². The summed E-state index contributed by atoms with van der Waals surface area (Å²) in [5.41, 5.74) is -0.401. The van der Waals surface area contributed by atoms with Crippen LogP contribution in [-0.4, -0.2) is 10.7 Å². The predicted octanol–water partition coefficient (Wildman–Crippen LogP) is 3.45. The van der Waals surface area contributed by atoms with Gasteiger partial charge in [-0.05, 0) is 30.4 Å². The Bertz CT molecular complexity index is 405. The lowest BCUT2D eigenvalue weighted by molar-refractivity contribution is 0.000746. The highest BCUT2D eigenvalue weighted by molar-refractivity contribution is 5.21. The molecule has 1 aromatic rings. The lowest BCUT2D eigenvalue weighted by Gasteiger charge is -2.29. The second-order valence-electron chi connectivity index (χ2n) is 5.01. The van der Waals surface area contributed by atoms with E-state index >= 15 is 0 Å². The molecule has 1 nitrogen and oxygen atoms in total. The van der Waals surface area contributed by atoms with Crippen LogP contribution >= 0.6 is 0 Å². The molecule has 1 aliphatic carbocycles. The zero-order valence-electron chi connectivity index (χ0n) is 10.0. The van der Waals surface area contributed by atoms with Crippen molar-refractivity contribution in [2.24, 2.45) is 5.92 Å². The van der Waals surface area contributed by atoms with Crippen LogP contribution < -0.4 is 0 Å². The zero-order chi connectivity index (χ0) is 12.5. The first-order valence-electron chi connectivity index (χ1n) is 6.21. The van der Waals surface area contributed by atoms with Crippen molar-refractivity contribution in [1.82, 2.24) is 0 Å². The van der Waals surface area contributed by atoms with E-state index in [2.05, 4.69) is 0 Å². The van der Waals surface area contributed by atoms with Crippen LogP contribution in [0.15, 0.2) is 18.2 Å². The lowest BCUT2D eigenvalue weighted by atomic mass is 9.83. The number of rotatable bonds is 3. The SMILES string of the molecule is CCC1CCCC1(O)Cc1ccc(F)cc1F. The first-order valence-corrected chi connectivity index (χ1v) is 6.21. The molecule has 1 aromatic carbocycles. The van der Waals surface area contributed by atoms with Crippen molar-refractivity contribution >= 4 is 0 Å². The average molecular weight is 240 g/mol. The fourth-order valence-corrected chi connectivity index (χ4v) is 2.94. The highest BCUT2D eigenvalue weighted by Crippen LogP contribution is 2.40. The Balaban J connectivity index is 2.19. The number of benzene rings is 1. The smallest absolute Gasteiger partial charge is 0.129 e. The van der Waals surface area contributed by atoms with Gasteiger partial charge in [0.2, 0.25) is 0 Å². The van der Waals surface area contributed by atoms with Crippen molar-refractivity contribution in [1.29, 1.82) is 0 Å². The van der Waals surface area contributed by atoms with Gasteiger partial charge in [0.1, 0.15) is 11.6 Å². The molecule has 1 saturated carbocycles. The summed E-state index contributed by atoms with van der Waals surface area (Å²) >= 11 is 0. The van der Waals surface area contributed by atoms with E-state index in [4.69, 9.17) is 0 Å². The fraction of sp³-hybridized carbons (Fsp3) is 0.571. The molecule has 2 atom stereocenters. The minimum Gasteiger partial charge on any atom is -0.389 e. The Morgan fingerprint density at radius 2 is 2.18 bits per heavy atom. The van der Waals surface area contributed by atoms with Crippen LogP contribution in [0.3, 0.4) is 0 Å². The van der Waals surface area contributed by atoms with Crippen LogP contribution in [0.5, 0.6) is 0 Å². The maximum atomic E-state index is 13.6. The highest BCUT2D eigenvalue weighted by atomic mass is 19.1. The van der Waals surface area contributed by atoms with Crippen molar-refractivity contribution in [2.45, 2.75) is 44.6 Å². The summed E-state index contributed by atoms with van der Waals surface area (Å²) in [5, 5.41) is 10.5. The summed E-state index contributed by atoms with van der Waals surface area (Å²) < 4.78 is 26.4. The molecule has 0 saturated heterocycles. The van der Waals surface area contributed by atoms with E-state index < -0.39 is 17.2 Å². The van der Waals surface area contributed by atoms with Gasteiger partial charge in [0.15, 0.2) is 0 Å². The van der Waals surface area contributed by atoms with Gasteiger partial charge in [-0.3, -0.25) is 0 Å². The molecule has 0 aliphatic heterocycles. The topological polar surface area (TPSA) is 20.2 Å². The van der Waals surface area contributed by atoms with Gasteiger partial charge < -0.3 is 5.11 Å². The summed E-state index contributed by atoms with van der Waals surface area (Å²) in [5.74, 6) is -0.899. The fourth-order valence-electron chi connectivity index (χ4n) is 2.94. The van der Waals surface area contributed by atoms with E-state index in [0.29, 0.717) is 12.0 Å². The van der Waals surface area contributed by atoms with Gasteiger partial charge in [-0.1, -0.05) is 25.8 Å². The van der Waals surface area contributed by atoms with Crippen molar-refractivity contribution in [3.05, 3.63) is 35.4 Å². The van der Waals surface area contributed by atoms with Gasteiger partial charge in [-0.25, -0.2) is 8.78 Å².